The first-order chi connectivity index (χ1) is 23.2. The van der Waals surface area contributed by atoms with Crippen molar-refractivity contribution in [3.8, 4) is 5.88 Å². The minimum absolute atomic E-state index is 0.0223. The molecule has 0 bridgehead atoms. The molecule has 3 atom stereocenters. The molecule has 3 heterocycles. The second-order valence-electron chi connectivity index (χ2n) is 13.9. The van der Waals surface area contributed by atoms with Crippen molar-refractivity contribution in [1.29, 1.82) is 0 Å². The molecule has 1 aliphatic heterocycles. The van der Waals surface area contributed by atoms with Crippen molar-refractivity contribution < 1.29 is 28.2 Å². The average molecular weight is 707 g/mol. The summed E-state index contributed by atoms with van der Waals surface area (Å²) in [6, 6.07) is 18.2. The summed E-state index contributed by atoms with van der Waals surface area (Å²) in [7, 11) is -2.16. The molecule has 14 heteroatoms. The number of aromatic nitrogens is 4. The van der Waals surface area contributed by atoms with Gasteiger partial charge in [0.1, 0.15) is 12.4 Å². The summed E-state index contributed by atoms with van der Waals surface area (Å²) in [6.07, 6.45) is 1.86. The molecule has 0 saturated carbocycles. The number of carbonyl (C=O) groups excluding carboxylic acids is 2. The minimum atomic E-state index is -2.16. The number of fused-ring (bicyclic) bond motifs is 1. The van der Waals surface area contributed by atoms with Crippen molar-refractivity contribution in [3.05, 3.63) is 67.0 Å². The summed E-state index contributed by atoms with van der Waals surface area (Å²) in [6.45, 7) is 14.8. The first kappa shape index (κ1) is 36.5. The van der Waals surface area contributed by atoms with Gasteiger partial charge in [-0.25, -0.2) is 14.7 Å². The Hall–Kier alpha value is -3.82. The number of hydrogen-bond acceptors (Lipinski definition) is 11. The average Bonchev–Trinajstić information content (AvgIpc) is 3.65. The number of nitrogens with zero attached hydrogens (tertiary/aromatic N) is 5. The maximum Gasteiger partial charge on any atom is 0.425 e. The quantitative estimate of drug-likeness (QED) is 0.119. The number of amides is 1. The second kappa shape index (κ2) is 14.6. The minimum Gasteiger partial charge on any atom is -0.414 e. The Bertz CT molecular complexity index is 1730. The molecular formula is C35H46N6O6SSi. The lowest BCUT2D eigenvalue weighted by molar-refractivity contribution is -0.163. The van der Waals surface area contributed by atoms with E-state index in [1.165, 1.54) is 23.0 Å². The molecule has 0 unspecified atom stereocenters. The van der Waals surface area contributed by atoms with Gasteiger partial charge in [-0.1, -0.05) is 71.0 Å². The van der Waals surface area contributed by atoms with Crippen LogP contribution in [0.1, 0.15) is 41.0 Å². The van der Waals surface area contributed by atoms with Crippen molar-refractivity contribution in [2.24, 2.45) is 5.92 Å². The molecule has 2 aromatic carbocycles. The van der Waals surface area contributed by atoms with Gasteiger partial charge in [-0.05, 0) is 48.7 Å². The molecule has 1 saturated heterocycles. The Balaban J connectivity index is 1.55. The Morgan fingerprint density at radius 2 is 1.69 bits per heavy atom. The van der Waals surface area contributed by atoms with E-state index in [9.17, 15) is 9.59 Å². The van der Waals surface area contributed by atoms with E-state index < -0.39 is 38.3 Å². The van der Waals surface area contributed by atoms with Gasteiger partial charge >= 0.3 is 6.09 Å². The number of ketones is 1. The first-order valence-corrected chi connectivity index (χ1v) is 20.6. The van der Waals surface area contributed by atoms with Crippen LogP contribution in [0.3, 0.4) is 0 Å². The molecule has 0 radical (unpaired) electrons. The van der Waals surface area contributed by atoms with Crippen molar-refractivity contribution >= 4 is 60.4 Å². The van der Waals surface area contributed by atoms with Crippen molar-refractivity contribution in [3.63, 3.8) is 0 Å². The van der Waals surface area contributed by atoms with E-state index in [0.29, 0.717) is 17.3 Å². The summed E-state index contributed by atoms with van der Waals surface area (Å²) in [5.41, 5.74) is 6.18. The zero-order chi connectivity index (χ0) is 35.6. The second-order valence-corrected chi connectivity index (χ2v) is 19.5. The number of ether oxygens (including phenoxy) is 3. The molecule has 0 spiro atoms. The smallest absolute Gasteiger partial charge is 0.414 e. The third kappa shape index (κ3) is 7.53. The van der Waals surface area contributed by atoms with Crippen molar-refractivity contribution in [2.45, 2.75) is 77.1 Å². The molecule has 0 aliphatic carbocycles. The van der Waals surface area contributed by atoms with Crippen molar-refractivity contribution in [2.75, 3.05) is 29.4 Å². The lowest BCUT2D eigenvalue weighted by atomic mass is 9.94. The number of thioether (sulfide) groups is 1. The molecule has 1 amide bonds. The van der Waals surface area contributed by atoms with Crippen LogP contribution in [0, 0.1) is 5.92 Å². The Kier molecular flexibility index (Phi) is 10.8. The van der Waals surface area contributed by atoms with Gasteiger partial charge in [0.05, 0.1) is 30.0 Å². The van der Waals surface area contributed by atoms with Crippen LogP contribution in [-0.2, 0) is 24.4 Å². The number of anilines is 3. The van der Waals surface area contributed by atoms with Gasteiger partial charge in [-0.2, -0.15) is 9.97 Å². The molecule has 5 rings (SSSR count). The first-order valence-electron chi connectivity index (χ1n) is 16.3. The van der Waals surface area contributed by atoms with Gasteiger partial charge in [0.15, 0.2) is 25.3 Å². The lowest BCUT2D eigenvalue weighted by Gasteiger charge is -2.37. The highest BCUT2D eigenvalue weighted by atomic mass is 32.2. The standard InChI is InChI=1S/C35H46N6O6SSi/c1-23(2)29(42)35(19-26(44-22-48-6)27(47-35)20-45-49(7,8)34(3,4)5)40-21-37-28-30(40)38-32(36)39-31(28)46-33(43)41(24-15-11-9-12-16-24)25-17-13-10-14-18-25/h9-18,21,23,26-27H,19-20,22H2,1-8H3,(H2,36,38,39)/t26-,27+,35-/m0/s1. The molecule has 262 valence electrons. The zero-order valence-electron chi connectivity index (χ0n) is 29.4. The number of hydrogen-bond donors (Lipinski definition) is 1. The fourth-order valence-corrected chi connectivity index (χ4v) is 6.83. The SMILES string of the molecule is CSCO[C@H]1C[C@](C(=O)C(C)C)(n2cnc3c(OC(=O)N(c4ccccc4)c4ccccc4)nc(N)nc32)O[C@@H]1CO[Si](C)(C)C(C)(C)C. The summed E-state index contributed by atoms with van der Waals surface area (Å²) in [5, 5.41) is -0.0223. The van der Waals surface area contributed by atoms with E-state index in [2.05, 4.69) is 48.8 Å². The number of nitrogen functional groups attached to an aromatic ring is 1. The maximum absolute atomic E-state index is 14.3. The van der Waals surface area contributed by atoms with Crippen LogP contribution < -0.4 is 15.4 Å². The van der Waals surface area contributed by atoms with Gasteiger partial charge < -0.3 is 24.4 Å². The Morgan fingerprint density at radius 1 is 1.08 bits per heavy atom. The van der Waals surface area contributed by atoms with Crippen LogP contribution >= 0.6 is 11.8 Å². The number of para-hydroxylation sites is 2. The lowest BCUT2D eigenvalue weighted by Crippen LogP contribution is -2.46. The third-order valence-electron chi connectivity index (χ3n) is 9.13. The summed E-state index contributed by atoms with van der Waals surface area (Å²) < 4.78 is 27.1. The predicted octanol–water partition coefficient (Wildman–Crippen LogP) is 7.14. The number of rotatable bonds is 12. The van der Waals surface area contributed by atoms with Crippen LogP contribution in [0.2, 0.25) is 18.1 Å². The van der Waals surface area contributed by atoms with Gasteiger partial charge in [0, 0.05) is 12.3 Å². The fourth-order valence-electron chi connectivity index (χ4n) is 5.50. The Morgan fingerprint density at radius 3 is 2.24 bits per heavy atom. The van der Waals surface area contributed by atoms with E-state index >= 15 is 0 Å². The monoisotopic (exact) mass is 706 g/mol. The van der Waals surface area contributed by atoms with E-state index in [-0.39, 0.29) is 46.8 Å². The van der Waals surface area contributed by atoms with Crippen LogP contribution in [0.15, 0.2) is 67.0 Å². The number of nitrogens with two attached hydrogens (primary N) is 1. The number of imidazole rings is 1. The highest BCUT2D eigenvalue weighted by molar-refractivity contribution is 7.98. The molecule has 49 heavy (non-hydrogen) atoms. The summed E-state index contributed by atoms with van der Waals surface area (Å²) in [4.78, 5) is 42.8. The van der Waals surface area contributed by atoms with Gasteiger partial charge in [0.25, 0.3) is 5.88 Å². The van der Waals surface area contributed by atoms with Gasteiger partial charge in [-0.3, -0.25) is 9.36 Å². The molecule has 1 aliphatic rings. The molecular weight excluding hydrogens is 661 g/mol. The normalized spacial score (nSPS) is 19.8. The molecule has 1 fully saturated rings. The molecule has 2 aromatic heterocycles. The Labute approximate surface area is 292 Å². The largest absolute Gasteiger partial charge is 0.425 e. The number of carbonyl (C=O) groups is 2. The molecule has 2 N–H and O–H groups in total. The van der Waals surface area contributed by atoms with E-state index in [1.54, 1.807) is 28.8 Å². The number of benzene rings is 2. The molecule has 4 aromatic rings. The predicted molar refractivity (Wildman–Crippen MR) is 194 cm³/mol. The van der Waals surface area contributed by atoms with Crippen molar-refractivity contribution in [1.82, 2.24) is 19.5 Å². The topological polar surface area (TPSA) is 144 Å². The third-order valence-corrected chi connectivity index (χ3v) is 14.0. The number of Topliss-reactive ketones (excluding diaryl/α,β-unsaturated/α-hetero) is 1. The highest BCUT2D eigenvalue weighted by Crippen LogP contribution is 2.43. The van der Waals surface area contributed by atoms with E-state index in [1.807, 2.05) is 56.5 Å². The van der Waals surface area contributed by atoms with Gasteiger partial charge in [-0.15, -0.1) is 11.8 Å². The summed E-state index contributed by atoms with van der Waals surface area (Å²) >= 11 is 1.54. The van der Waals surface area contributed by atoms with Crippen LogP contribution in [0.25, 0.3) is 11.2 Å². The highest BCUT2D eigenvalue weighted by Gasteiger charge is 2.55. The zero-order valence-corrected chi connectivity index (χ0v) is 31.2. The van der Waals surface area contributed by atoms with Gasteiger partial charge in [0.2, 0.25) is 11.7 Å². The van der Waals surface area contributed by atoms with Crippen LogP contribution in [0.5, 0.6) is 5.88 Å². The van der Waals surface area contributed by atoms with E-state index in [0.717, 1.165) is 0 Å². The van der Waals surface area contributed by atoms with Crippen LogP contribution in [-0.4, -0.2) is 70.7 Å². The summed E-state index contributed by atoms with van der Waals surface area (Å²) in [5.74, 6) is -0.507. The fraction of sp³-hybridized carbons (Fsp3) is 0.457. The van der Waals surface area contributed by atoms with Crippen LogP contribution in [0.4, 0.5) is 22.1 Å². The molecule has 12 nitrogen and oxygen atoms in total. The van der Waals surface area contributed by atoms with E-state index in [4.69, 9.17) is 24.4 Å². The maximum atomic E-state index is 14.3.